The maximum Gasteiger partial charge on any atom is 0.471 e. The van der Waals surface area contributed by atoms with Crippen molar-refractivity contribution >= 4 is 17.8 Å². The Hall–Kier alpha value is -3.50. The first-order valence-corrected chi connectivity index (χ1v) is 10.3. The van der Waals surface area contributed by atoms with Gasteiger partial charge in [-0.2, -0.15) is 13.2 Å². The normalized spacial score (nSPS) is 15.6. The van der Waals surface area contributed by atoms with Crippen molar-refractivity contribution in [3.05, 3.63) is 59.2 Å². The smallest absolute Gasteiger partial charge is 0.465 e. The van der Waals surface area contributed by atoms with Gasteiger partial charge in [-0.25, -0.2) is 13.6 Å². The van der Waals surface area contributed by atoms with Crippen molar-refractivity contribution in [1.82, 2.24) is 10.6 Å². The molecule has 3 rings (SSSR count). The lowest BCUT2D eigenvalue weighted by Crippen LogP contribution is -2.64. The quantitative estimate of drug-likeness (QED) is 0.476. The molecule has 2 N–H and O–H groups in total. The lowest BCUT2D eigenvalue weighted by Gasteiger charge is -2.41. The fourth-order valence-corrected chi connectivity index (χ4v) is 3.76. The van der Waals surface area contributed by atoms with E-state index in [2.05, 4.69) is 10.1 Å². The van der Waals surface area contributed by atoms with Gasteiger partial charge in [-0.3, -0.25) is 9.59 Å². The van der Waals surface area contributed by atoms with Crippen molar-refractivity contribution in [2.45, 2.75) is 43.9 Å². The van der Waals surface area contributed by atoms with E-state index in [0.717, 1.165) is 19.2 Å². The van der Waals surface area contributed by atoms with Crippen molar-refractivity contribution in [1.29, 1.82) is 0 Å². The number of rotatable bonds is 6. The zero-order valence-corrected chi connectivity index (χ0v) is 18.2. The molecule has 182 valence electrons. The van der Waals surface area contributed by atoms with Gasteiger partial charge in [0.1, 0.15) is 22.7 Å². The van der Waals surface area contributed by atoms with Gasteiger partial charge in [0.05, 0.1) is 13.2 Å². The molecule has 1 aliphatic carbocycles. The number of halogens is 5. The number of carbonyl (C=O) groups is 3. The number of esters is 1. The van der Waals surface area contributed by atoms with E-state index in [1.54, 1.807) is 5.32 Å². The zero-order valence-electron chi connectivity index (χ0n) is 18.2. The largest absolute Gasteiger partial charge is 0.471 e. The van der Waals surface area contributed by atoms with E-state index in [0.29, 0.717) is 6.42 Å². The molecule has 2 aromatic rings. The monoisotopic (exact) mass is 484 g/mol. The summed E-state index contributed by atoms with van der Waals surface area (Å²) in [4.78, 5) is 36.0. The summed E-state index contributed by atoms with van der Waals surface area (Å²) in [6.07, 6.45) is -4.66. The molecule has 34 heavy (non-hydrogen) atoms. The van der Waals surface area contributed by atoms with E-state index < -0.39 is 47.2 Å². The Bertz CT molecular complexity index is 1130. The molecule has 0 aromatic heterocycles. The van der Waals surface area contributed by atoms with Crippen LogP contribution >= 0.6 is 0 Å². The third-order valence-corrected chi connectivity index (χ3v) is 5.78. The number of methoxy groups -OCH3 is 1. The summed E-state index contributed by atoms with van der Waals surface area (Å²) in [6, 6.07) is 6.62. The van der Waals surface area contributed by atoms with Gasteiger partial charge in [0.25, 0.3) is 0 Å². The van der Waals surface area contributed by atoms with Gasteiger partial charge in [-0.1, -0.05) is 24.3 Å². The minimum Gasteiger partial charge on any atom is -0.465 e. The Balaban J connectivity index is 1.82. The summed E-state index contributed by atoms with van der Waals surface area (Å²) < 4.78 is 71.6. The number of hydrogen-bond acceptors (Lipinski definition) is 4. The molecule has 11 heteroatoms. The molecule has 0 heterocycles. The average molecular weight is 484 g/mol. The maximum atomic E-state index is 14.9. The van der Waals surface area contributed by atoms with E-state index >= 15 is 0 Å². The predicted octanol–water partition coefficient (Wildman–Crippen LogP) is 4.20. The van der Waals surface area contributed by atoms with Gasteiger partial charge >= 0.3 is 18.1 Å². The fraction of sp³-hybridized carbons (Fsp3) is 0.348. The molecule has 2 amide bonds. The summed E-state index contributed by atoms with van der Waals surface area (Å²) >= 11 is 0. The summed E-state index contributed by atoms with van der Waals surface area (Å²) in [5.41, 5.74) is -1.81. The van der Waals surface area contributed by atoms with Crippen LogP contribution in [0.3, 0.4) is 0 Å². The van der Waals surface area contributed by atoms with Crippen LogP contribution < -0.4 is 10.6 Å². The number of carbonyl (C=O) groups excluding carboxylic acids is 3. The molecule has 0 saturated heterocycles. The SMILES string of the molecule is COC(=O)c1c(F)cccc1-c1ccc([C@@H](C)NC(=O)C2(NC(=O)C(F)(F)F)CCC2)c(F)c1. The zero-order chi connectivity index (χ0) is 25.3. The Labute approximate surface area is 191 Å². The van der Waals surface area contributed by atoms with Crippen molar-refractivity contribution in [2.75, 3.05) is 7.11 Å². The number of hydrogen-bond donors (Lipinski definition) is 2. The predicted molar refractivity (Wildman–Crippen MR) is 110 cm³/mol. The second-order valence-corrected chi connectivity index (χ2v) is 7.97. The summed E-state index contributed by atoms with van der Waals surface area (Å²) in [5, 5.41) is 4.20. The lowest BCUT2D eigenvalue weighted by atomic mass is 9.75. The Morgan fingerprint density at radius 3 is 2.26 bits per heavy atom. The highest BCUT2D eigenvalue weighted by Crippen LogP contribution is 2.35. The summed E-state index contributed by atoms with van der Waals surface area (Å²) in [6.45, 7) is 1.43. The highest BCUT2D eigenvalue weighted by atomic mass is 19.4. The van der Waals surface area contributed by atoms with Crippen molar-refractivity contribution in [2.24, 2.45) is 0 Å². The molecule has 1 fully saturated rings. The van der Waals surface area contributed by atoms with E-state index in [9.17, 15) is 36.3 Å². The van der Waals surface area contributed by atoms with E-state index in [1.165, 1.54) is 31.2 Å². The third-order valence-electron chi connectivity index (χ3n) is 5.78. The van der Waals surface area contributed by atoms with Crippen LogP contribution in [0.25, 0.3) is 11.1 Å². The van der Waals surface area contributed by atoms with Gasteiger partial charge in [0.2, 0.25) is 5.91 Å². The van der Waals surface area contributed by atoms with Crippen LogP contribution in [-0.4, -0.2) is 36.6 Å². The Morgan fingerprint density at radius 1 is 1.06 bits per heavy atom. The first-order chi connectivity index (χ1) is 15.9. The Kier molecular flexibility index (Phi) is 6.94. The third kappa shape index (κ3) is 4.87. The minimum atomic E-state index is -5.14. The highest BCUT2D eigenvalue weighted by molar-refractivity contribution is 5.97. The van der Waals surface area contributed by atoms with Gasteiger partial charge < -0.3 is 15.4 Å². The number of ether oxygens (including phenoxy) is 1. The molecule has 1 saturated carbocycles. The van der Waals surface area contributed by atoms with Crippen LogP contribution in [0.2, 0.25) is 0 Å². The maximum absolute atomic E-state index is 14.9. The van der Waals surface area contributed by atoms with E-state index in [4.69, 9.17) is 0 Å². The van der Waals surface area contributed by atoms with Crippen LogP contribution in [0.15, 0.2) is 36.4 Å². The number of alkyl halides is 3. The Morgan fingerprint density at radius 2 is 1.74 bits per heavy atom. The molecule has 0 bridgehead atoms. The van der Waals surface area contributed by atoms with Crippen molar-refractivity contribution in [3.63, 3.8) is 0 Å². The van der Waals surface area contributed by atoms with Crippen LogP contribution in [0, 0.1) is 11.6 Å². The number of nitrogens with one attached hydrogen (secondary N) is 2. The minimum absolute atomic E-state index is 0.00439. The average Bonchev–Trinajstić information content (AvgIpc) is 2.74. The van der Waals surface area contributed by atoms with Gasteiger partial charge in [0.15, 0.2) is 0 Å². The first kappa shape index (κ1) is 25.1. The summed E-state index contributed by atoms with van der Waals surface area (Å²) in [7, 11) is 1.08. The van der Waals surface area contributed by atoms with Gasteiger partial charge in [0, 0.05) is 5.56 Å². The lowest BCUT2D eigenvalue weighted by molar-refractivity contribution is -0.177. The highest BCUT2D eigenvalue weighted by Gasteiger charge is 2.50. The van der Waals surface area contributed by atoms with Crippen LogP contribution in [0.4, 0.5) is 22.0 Å². The molecule has 6 nitrogen and oxygen atoms in total. The molecular weight excluding hydrogens is 463 g/mol. The topological polar surface area (TPSA) is 84.5 Å². The van der Waals surface area contributed by atoms with Crippen molar-refractivity contribution < 1.29 is 41.1 Å². The second kappa shape index (κ2) is 9.40. The molecule has 0 radical (unpaired) electrons. The molecule has 0 unspecified atom stereocenters. The summed E-state index contributed by atoms with van der Waals surface area (Å²) in [5.74, 6) is -5.66. The molecule has 2 aromatic carbocycles. The molecule has 1 aliphatic rings. The number of benzene rings is 2. The molecular formula is C23H21F5N2O4. The van der Waals surface area contributed by atoms with Crippen LogP contribution in [0.5, 0.6) is 0 Å². The van der Waals surface area contributed by atoms with E-state index in [-0.39, 0.29) is 35.1 Å². The standard InChI is InChI=1S/C23H21F5N2O4/c1-12(29-20(32)22(9-4-10-22)30-21(33)23(26,27)28)14-8-7-13(11-17(14)25)15-5-3-6-16(24)18(15)19(31)34-2/h3,5-8,11-12H,4,9-10H2,1-2H3,(H,29,32)(H,30,33)/t12-/m1/s1. The van der Waals surface area contributed by atoms with Crippen molar-refractivity contribution in [3.8, 4) is 11.1 Å². The fourth-order valence-electron chi connectivity index (χ4n) is 3.76. The second-order valence-electron chi connectivity index (χ2n) is 7.97. The van der Waals surface area contributed by atoms with E-state index in [1.807, 2.05) is 0 Å². The number of amides is 2. The molecule has 1 atom stereocenters. The molecule has 0 aliphatic heterocycles. The van der Waals surface area contributed by atoms with Gasteiger partial charge in [-0.05, 0) is 49.4 Å². The van der Waals surface area contributed by atoms with Gasteiger partial charge in [-0.15, -0.1) is 0 Å². The van der Waals surface area contributed by atoms with Crippen LogP contribution in [-0.2, 0) is 14.3 Å². The molecule has 0 spiro atoms. The first-order valence-electron chi connectivity index (χ1n) is 10.3. The van der Waals surface area contributed by atoms with Crippen LogP contribution in [0.1, 0.15) is 48.1 Å².